The number of carbonyl (C=O) groups is 2. The highest BCUT2D eigenvalue weighted by Gasteiger charge is 2.49. The second kappa shape index (κ2) is 11.0. The zero-order valence-corrected chi connectivity index (χ0v) is 19.1. The summed E-state index contributed by atoms with van der Waals surface area (Å²) in [7, 11) is 0. The van der Waals surface area contributed by atoms with Crippen molar-refractivity contribution >= 4 is 11.9 Å². The van der Waals surface area contributed by atoms with E-state index >= 15 is 0 Å². The lowest BCUT2D eigenvalue weighted by Gasteiger charge is -2.18. The maximum Gasteiger partial charge on any atom is 0.309 e. The van der Waals surface area contributed by atoms with Gasteiger partial charge in [0.1, 0.15) is 0 Å². The van der Waals surface area contributed by atoms with Crippen molar-refractivity contribution < 1.29 is 19.8 Å². The van der Waals surface area contributed by atoms with Gasteiger partial charge in [-0.2, -0.15) is 0 Å². The molecular formula is C26H40O4. The van der Waals surface area contributed by atoms with Crippen LogP contribution in [0.3, 0.4) is 0 Å². The topological polar surface area (TPSA) is 74.6 Å². The number of aryl methyl sites for hydroxylation is 3. The van der Waals surface area contributed by atoms with Crippen LogP contribution in [-0.4, -0.2) is 22.2 Å². The molecule has 1 aromatic carbocycles. The van der Waals surface area contributed by atoms with Gasteiger partial charge in [0.05, 0.1) is 10.8 Å². The van der Waals surface area contributed by atoms with E-state index in [-0.39, 0.29) is 5.41 Å². The first-order chi connectivity index (χ1) is 14.2. The van der Waals surface area contributed by atoms with E-state index in [1.807, 2.05) is 0 Å². The molecule has 30 heavy (non-hydrogen) atoms. The molecule has 1 aliphatic rings. The van der Waals surface area contributed by atoms with Crippen molar-refractivity contribution in [3.05, 3.63) is 34.9 Å². The molecule has 0 heterocycles. The van der Waals surface area contributed by atoms with E-state index in [1.54, 1.807) is 13.8 Å². The lowest BCUT2D eigenvalue weighted by atomic mass is 9.87. The molecule has 0 aromatic heterocycles. The van der Waals surface area contributed by atoms with Crippen molar-refractivity contribution in [3.63, 3.8) is 0 Å². The van der Waals surface area contributed by atoms with Crippen LogP contribution in [0.25, 0.3) is 0 Å². The molecule has 2 rings (SSSR count). The van der Waals surface area contributed by atoms with Crippen LogP contribution in [0.15, 0.2) is 18.2 Å². The summed E-state index contributed by atoms with van der Waals surface area (Å²) < 4.78 is 0. The Morgan fingerprint density at radius 1 is 0.900 bits per heavy atom. The maximum absolute atomic E-state index is 11.3. The van der Waals surface area contributed by atoms with E-state index in [0.29, 0.717) is 0 Å². The number of rotatable bonds is 15. The number of hydrogen-bond acceptors (Lipinski definition) is 2. The van der Waals surface area contributed by atoms with Crippen LogP contribution in [-0.2, 0) is 22.4 Å². The van der Waals surface area contributed by atoms with Gasteiger partial charge in [-0.15, -0.1) is 0 Å². The van der Waals surface area contributed by atoms with Crippen molar-refractivity contribution in [3.8, 4) is 0 Å². The zero-order valence-electron chi connectivity index (χ0n) is 19.1. The normalized spacial score (nSPS) is 15.2. The van der Waals surface area contributed by atoms with Crippen LogP contribution >= 0.6 is 0 Å². The smallest absolute Gasteiger partial charge is 0.309 e. The number of carboxylic acid groups (broad SMARTS) is 2. The summed E-state index contributed by atoms with van der Waals surface area (Å²) in [6.45, 7) is 5.75. The molecule has 1 aromatic rings. The summed E-state index contributed by atoms with van der Waals surface area (Å²) in [6.07, 6.45) is 13.0. The van der Waals surface area contributed by atoms with Gasteiger partial charge in [0, 0.05) is 0 Å². The van der Waals surface area contributed by atoms with Crippen molar-refractivity contribution in [2.24, 2.45) is 10.8 Å². The van der Waals surface area contributed by atoms with Gasteiger partial charge >= 0.3 is 11.9 Å². The SMILES string of the molecule is Cc1ccc(CCCCCC2(C(=O)O)CC2)c(CCCCCCC(C)(C)C(=O)O)c1. The second-order valence-electron chi connectivity index (χ2n) is 10.0. The minimum atomic E-state index is -0.706. The summed E-state index contributed by atoms with van der Waals surface area (Å²) in [5.41, 5.74) is 3.19. The highest BCUT2D eigenvalue weighted by Crippen LogP contribution is 2.50. The molecule has 1 aliphatic carbocycles. The monoisotopic (exact) mass is 416 g/mol. The molecule has 0 unspecified atom stereocenters. The number of benzene rings is 1. The first kappa shape index (κ1) is 24.4. The summed E-state index contributed by atoms with van der Waals surface area (Å²) in [4.78, 5) is 22.4. The summed E-state index contributed by atoms with van der Waals surface area (Å²) in [6, 6.07) is 6.77. The number of carboxylic acids is 2. The van der Waals surface area contributed by atoms with Crippen LogP contribution in [0.1, 0.15) is 101 Å². The van der Waals surface area contributed by atoms with E-state index in [0.717, 1.165) is 83.5 Å². The van der Waals surface area contributed by atoms with Gasteiger partial charge in [0.2, 0.25) is 0 Å². The number of hydrogen-bond donors (Lipinski definition) is 2. The molecule has 0 radical (unpaired) electrons. The molecule has 0 amide bonds. The van der Waals surface area contributed by atoms with E-state index in [9.17, 15) is 19.8 Å². The molecule has 4 heteroatoms. The molecule has 168 valence electrons. The Kier molecular flexibility index (Phi) is 8.93. The fourth-order valence-electron chi connectivity index (χ4n) is 4.25. The molecule has 0 atom stereocenters. The Hall–Kier alpha value is -1.84. The van der Waals surface area contributed by atoms with E-state index in [1.165, 1.54) is 16.7 Å². The van der Waals surface area contributed by atoms with Crippen molar-refractivity contribution in [2.75, 3.05) is 0 Å². The van der Waals surface area contributed by atoms with Gasteiger partial charge in [0.25, 0.3) is 0 Å². The average molecular weight is 417 g/mol. The Bertz CT molecular complexity index is 716. The molecule has 1 fully saturated rings. The van der Waals surface area contributed by atoms with Crippen LogP contribution < -0.4 is 0 Å². The third-order valence-corrected chi connectivity index (χ3v) is 6.85. The Morgan fingerprint density at radius 3 is 2.10 bits per heavy atom. The summed E-state index contributed by atoms with van der Waals surface area (Å²) in [5, 5.41) is 18.5. The van der Waals surface area contributed by atoms with Gasteiger partial charge in [-0.25, -0.2) is 0 Å². The zero-order chi connectivity index (χ0) is 22.2. The molecule has 2 N–H and O–H groups in total. The first-order valence-electron chi connectivity index (χ1n) is 11.7. The van der Waals surface area contributed by atoms with Crippen molar-refractivity contribution in [1.29, 1.82) is 0 Å². The van der Waals surface area contributed by atoms with Gasteiger partial charge in [-0.1, -0.05) is 55.9 Å². The predicted octanol–water partition coefficient (Wildman–Crippen LogP) is 6.57. The van der Waals surface area contributed by atoms with Crippen LogP contribution in [0, 0.1) is 17.8 Å². The Balaban J connectivity index is 1.69. The second-order valence-corrected chi connectivity index (χ2v) is 10.0. The van der Waals surface area contributed by atoms with Crippen molar-refractivity contribution in [2.45, 2.75) is 104 Å². The minimum absolute atomic E-state index is 0.380. The molecular weight excluding hydrogens is 376 g/mol. The molecule has 0 bridgehead atoms. The summed E-state index contributed by atoms with van der Waals surface area (Å²) >= 11 is 0. The molecule has 0 aliphatic heterocycles. The third-order valence-electron chi connectivity index (χ3n) is 6.85. The lowest BCUT2D eigenvalue weighted by Crippen LogP contribution is -2.23. The minimum Gasteiger partial charge on any atom is -0.481 e. The van der Waals surface area contributed by atoms with E-state index < -0.39 is 17.4 Å². The summed E-state index contributed by atoms with van der Waals surface area (Å²) in [5.74, 6) is -1.31. The van der Waals surface area contributed by atoms with Crippen LogP contribution in [0.5, 0.6) is 0 Å². The first-order valence-corrected chi connectivity index (χ1v) is 11.7. The highest BCUT2D eigenvalue weighted by molar-refractivity contribution is 5.77. The molecule has 4 nitrogen and oxygen atoms in total. The lowest BCUT2D eigenvalue weighted by molar-refractivity contribution is -0.147. The fraction of sp³-hybridized carbons (Fsp3) is 0.692. The molecule has 0 spiro atoms. The number of aliphatic carboxylic acids is 2. The fourth-order valence-corrected chi connectivity index (χ4v) is 4.25. The van der Waals surface area contributed by atoms with Gasteiger partial charge in [0.15, 0.2) is 0 Å². The average Bonchev–Trinajstić information content (AvgIpc) is 3.47. The Morgan fingerprint density at radius 2 is 1.50 bits per heavy atom. The number of unbranched alkanes of at least 4 members (excludes halogenated alkanes) is 5. The highest BCUT2D eigenvalue weighted by atomic mass is 16.4. The molecule has 0 saturated heterocycles. The van der Waals surface area contributed by atoms with Crippen molar-refractivity contribution in [1.82, 2.24) is 0 Å². The third kappa shape index (κ3) is 7.45. The quantitative estimate of drug-likeness (QED) is 0.317. The van der Waals surface area contributed by atoms with Crippen LogP contribution in [0.2, 0.25) is 0 Å². The van der Waals surface area contributed by atoms with E-state index in [4.69, 9.17) is 0 Å². The van der Waals surface area contributed by atoms with E-state index in [2.05, 4.69) is 25.1 Å². The molecule has 1 saturated carbocycles. The predicted molar refractivity (Wildman–Crippen MR) is 121 cm³/mol. The largest absolute Gasteiger partial charge is 0.481 e. The van der Waals surface area contributed by atoms with Gasteiger partial charge in [-0.3, -0.25) is 9.59 Å². The maximum atomic E-state index is 11.3. The van der Waals surface area contributed by atoms with Gasteiger partial charge in [-0.05, 0) is 83.3 Å². The Labute approximate surface area is 182 Å². The van der Waals surface area contributed by atoms with Gasteiger partial charge < -0.3 is 10.2 Å². The van der Waals surface area contributed by atoms with Crippen LogP contribution in [0.4, 0.5) is 0 Å². The standard InChI is InChI=1S/C26H40O4/c1-20-13-14-21(11-8-6-10-16-26(17-18-26)24(29)30)22(19-20)12-7-4-5-9-15-25(2,3)23(27)28/h13-14,19H,4-12,15-18H2,1-3H3,(H,27,28)(H,29,30).